The number of methoxy groups -OCH3 is 1. The lowest BCUT2D eigenvalue weighted by Crippen LogP contribution is -2.28. The van der Waals surface area contributed by atoms with Gasteiger partial charge in [-0.1, -0.05) is 22.0 Å². The minimum Gasteiger partial charge on any atom is -0.493 e. The molecule has 0 saturated heterocycles. The van der Waals surface area contributed by atoms with Crippen LogP contribution in [-0.2, 0) is 6.54 Å². The number of benzene rings is 2. The summed E-state index contributed by atoms with van der Waals surface area (Å²) >= 11 is 3.34. The molecule has 2 rings (SSSR count). The van der Waals surface area contributed by atoms with Gasteiger partial charge in [0.1, 0.15) is 6.61 Å². The molecule has 7 heteroatoms. The second-order valence-electron chi connectivity index (χ2n) is 4.87. The maximum atomic E-state index is 11.9. The average Bonchev–Trinajstić information content (AvgIpc) is 2.60. The Hall–Kier alpha value is -2.25. The van der Waals surface area contributed by atoms with Crippen LogP contribution in [0.3, 0.4) is 0 Å². The van der Waals surface area contributed by atoms with Crippen molar-refractivity contribution in [2.45, 2.75) is 6.54 Å². The zero-order valence-corrected chi connectivity index (χ0v) is 14.8. The monoisotopic (exact) mass is 394 g/mol. The molecule has 0 spiro atoms. The summed E-state index contributed by atoms with van der Waals surface area (Å²) in [6.07, 6.45) is 0. The fourth-order valence-electron chi connectivity index (χ4n) is 1.99. The SMILES string of the molecule is COc1cc(CNC(=O)Nc2ccc(Br)cc2)ccc1OCCO. The number of ether oxygens (including phenoxy) is 2. The average molecular weight is 395 g/mol. The number of hydrogen-bond acceptors (Lipinski definition) is 4. The third kappa shape index (κ3) is 5.43. The lowest BCUT2D eigenvalue weighted by atomic mass is 10.2. The lowest BCUT2D eigenvalue weighted by Gasteiger charge is -2.12. The molecule has 2 aromatic rings. The molecule has 0 atom stereocenters. The van der Waals surface area contributed by atoms with E-state index in [1.165, 1.54) is 0 Å². The zero-order chi connectivity index (χ0) is 17.4. The smallest absolute Gasteiger partial charge is 0.319 e. The molecule has 0 radical (unpaired) electrons. The lowest BCUT2D eigenvalue weighted by molar-refractivity contribution is 0.196. The van der Waals surface area contributed by atoms with Crippen LogP contribution < -0.4 is 20.1 Å². The molecule has 0 aliphatic carbocycles. The topological polar surface area (TPSA) is 79.8 Å². The van der Waals surface area contributed by atoms with Crippen LogP contribution in [0.15, 0.2) is 46.9 Å². The van der Waals surface area contributed by atoms with Crippen LogP contribution in [0.1, 0.15) is 5.56 Å². The first-order chi connectivity index (χ1) is 11.6. The third-order valence-corrected chi connectivity index (χ3v) is 3.66. The number of carbonyl (C=O) groups excluding carboxylic acids is 1. The Bertz CT molecular complexity index is 677. The van der Waals surface area contributed by atoms with Gasteiger partial charge in [0.15, 0.2) is 11.5 Å². The summed E-state index contributed by atoms with van der Waals surface area (Å²) in [6.45, 7) is 0.477. The number of hydrogen-bond donors (Lipinski definition) is 3. The van der Waals surface area contributed by atoms with Crippen molar-refractivity contribution >= 4 is 27.6 Å². The van der Waals surface area contributed by atoms with Gasteiger partial charge in [-0.2, -0.15) is 0 Å². The van der Waals surface area contributed by atoms with Gasteiger partial charge in [0.2, 0.25) is 0 Å². The van der Waals surface area contributed by atoms with Crippen molar-refractivity contribution in [3.8, 4) is 11.5 Å². The molecule has 0 aromatic heterocycles. The van der Waals surface area contributed by atoms with E-state index in [2.05, 4.69) is 26.6 Å². The second kappa shape index (κ2) is 9.14. The van der Waals surface area contributed by atoms with Gasteiger partial charge in [0.25, 0.3) is 0 Å². The van der Waals surface area contributed by atoms with Crippen LogP contribution in [0.4, 0.5) is 10.5 Å². The number of urea groups is 1. The van der Waals surface area contributed by atoms with E-state index < -0.39 is 0 Å². The number of amides is 2. The predicted molar refractivity (Wildman–Crippen MR) is 95.6 cm³/mol. The van der Waals surface area contributed by atoms with Crippen LogP contribution in [0, 0.1) is 0 Å². The molecule has 0 unspecified atom stereocenters. The van der Waals surface area contributed by atoms with Gasteiger partial charge in [-0.3, -0.25) is 0 Å². The van der Waals surface area contributed by atoms with Gasteiger partial charge in [0, 0.05) is 16.7 Å². The third-order valence-electron chi connectivity index (χ3n) is 3.13. The van der Waals surface area contributed by atoms with E-state index >= 15 is 0 Å². The molecular weight excluding hydrogens is 376 g/mol. The largest absolute Gasteiger partial charge is 0.493 e. The number of rotatable bonds is 7. The molecular formula is C17H19BrN2O4. The molecule has 3 N–H and O–H groups in total. The highest BCUT2D eigenvalue weighted by Crippen LogP contribution is 2.28. The van der Waals surface area contributed by atoms with Crippen LogP contribution in [0.2, 0.25) is 0 Å². The Morgan fingerprint density at radius 2 is 1.92 bits per heavy atom. The fourth-order valence-corrected chi connectivity index (χ4v) is 2.25. The standard InChI is InChI=1S/C17H19BrN2O4/c1-23-16-10-12(2-7-15(16)24-9-8-21)11-19-17(22)20-14-5-3-13(18)4-6-14/h2-7,10,21H,8-9,11H2,1H3,(H2,19,20,22). The number of halogens is 1. The highest BCUT2D eigenvalue weighted by molar-refractivity contribution is 9.10. The molecule has 128 valence electrons. The van der Waals surface area contributed by atoms with Gasteiger partial charge in [-0.25, -0.2) is 4.79 Å². The Kier molecular flexibility index (Phi) is 6.89. The Labute approximate surface area is 148 Å². The zero-order valence-electron chi connectivity index (χ0n) is 13.2. The van der Waals surface area contributed by atoms with E-state index in [-0.39, 0.29) is 19.2 Å². The first-order valence-electron chi connectivity index (χ1n) is 7.33. The molecule has 2 amide bonds. The first kappa shape index (κ1) is 18.1. The van der Waals surface area contributed by atoms with Crippen LogP contribution >= 0.6 is 15.9 Å². The highest BCUT2D eigenvalue weighted by atomic mass is 79.9. The summed E-state index contributed by atoms with van der Waals surface area (Å²) in [6, 6.07) is 12.4. The van der Waals surface area contributed by atoms with E-state index in [0.29, 0.717) is 23.7 Å². The van der Waals surface area contributed by atoms with Crippen molar-refractivity contribution in [1.82, 2.24) is 5.32 Å². The quantitative estimate of drug-likeness (QED) is 0.673. The van der Waals surface area contributed by atoms with E-state index in [9.17, 15) is 4.79 Å². The van der Waals surface area contributed by atoms with Crippen LogP contribution in [0.25, 0.3) is 0 Å². The van der Waals surface area contributed by atoms with Crippen LogP contribution in [0.5, 0.6) is 11.5 Å². The summed E-state index contributed by atoms with van der Waals surface area (Å²) in [5.41, 5.74) is 1.58. The fraction of sp³-hybridized carbons (Fsp3) is 0.235. The first-order valence-corrected chi connectivity index (χ1v) is 8.12. The molecule has 0 fully saturated rings. The summed E-state index contributed by atoms with van der Waals surface area (Å²) < 4.78 is 11.6. The Morgan fingerprint density at radius 3 is 2.58 bits per heavy atom. The summed E-state index contributed by atoms with van der Waals surface area (Å²) in [4.78, 5) is 11.9. The van der Waals surface area contributed by atoms with E-state index in [4.69, 9.17) is 14.6 Å². The van der Waals surface area contributed by atoms with E-state index in [1.54, 1.807) is 31.4 Å². The Balaban J connectivity index is 1.91. The van der Waals surface area contributed by atoms with Crippen molar-refractivity contribution in [3.05, 3.63) is 52.5 Å². The molecule has 0 aliphatic heterocycles. The van der Waals surface area contributed by atoms with Gasteiger partial charge >= 0.3 is 6.03 Å². The van der Waals surface area contributed by atoms with Crippen molar-refractivity contribution in [1.29, 1.82) is 0 Å². The van der Waals surface area contributed by atoms with Crippen molar-refractivity contribution in [2.24, 2.45) is 0 Å². The summed E-state index contributed by atoms with van der Waals surface area (Å²) in [5, 5.41) is 14.3. The normalized spacial score (nSPS) is 10.1. The summed E-state index contributed by atoms with van der Waals surface area (Å²) in [7, 11) is 1.54. The molecule has 0 saturated carbocycles. The van der Waals surface area contributed by atoms with Gasteiger partial charge in [-0.05, 0) is 42.0 Å². The maximum Gasteiger partial charge on any atom is 0.319 e. The highest BCUT2D eigenvalue weighted by Gasteiger charge is 2.07. The van der Waals surface area contributed by atoms with Crippen molar-refractivity contribution < 1.29 is 19.4 Å². The molecule has 0 aliphatic rings. The van der Waals surface area contributed by atoms with Gasteiger partial charge in [0.05, 0.1) is 13.7 Å². The molecule has 24 heavy (non-hydrogen) atoms. The van der Waals surface area contributed by atoms with E-state index in [1.807, 2.05) is 18.2 Å². The van der Waals surface area contributed by atoms with Crippen LogP contribution in [-0.4, -0.2) is 31.5 Å². The molecule has 0 heterocycles. The minimum absolute atomic E-state index is 0.0668. The number of nitrogens with one attached hydrogen (secondary N) is 2. The van der Waals surface area contributed by atoms with E-state index in [0.717, 1.165) is 10.0 Å². The molecule has 0 bridgehead atoms. The number of carbonyl (C=O) groups is 1. The number of anilines is 1. The Morgan fingerprint density at radius 1 is 1.17 bits per heavy atom. The number of aliphatic hydroxyl groups is 1. The van der Waals surface area contributed by atoms with Gasteiger partial charge < -0.3 is 25.2 Å². The summed E-state index contributed by atoms with van der Waals surface area (Å²) in [5.74, 6) is 1.10. The maximum absolute atomic E-state index is 11.9. The van der Waals surface area contributed by atoms with Crippen molar-refractivity contribution in [2.75, 3.05) is 25.6 Å². The second-order valence-corrected chi connectivity index (χ2v) is 5.79. The van der Waals surface area contributed by atoms with Gasteiger partial charge in [-0.15, -0.1) is 0 Å². The molecule has 2 aromatic carbocycles. The molecule has 6 nitrogen and oxygen atoms in total. The number of aliphatic hydroxyl groups excluding tert-OH is 1. The van der Waals surface area contributed by atoms with Crippen molar-refractivity contribution in [3.63, 3.8) is 0 Å². The predicted octanol–water partition coefficient (Wildman–Crippen LogP) is 3.15. The minimum atomic E-state index is -0.295.